The van der Waals surface area contributed by atoms with E-state index in [0.717, 1.165) is 11.3 Å². The van der Waals surface area contributed by atoms with Gasteiger partial charge in [0.2, 0.25) is 0 Å². The number of benzene rings is 7. The highest BCUT2D eigenvalue weighted by atomic mass is 32.2. The highest BCUT2D eigenvalue weighted by molar-refractivity contribution is 8.05. The average molecular weight is 743 g/mol. The van der Waals surface area contributed by atoms with Gasteiger partial charge in [-0.25, -0.2) is 0 Å². The van der Waals surface area contributed by atoms with Gasteiger partial charge >= 0.3 is 6.85 Å². The summed E-state index contributed by atoms with van der Waals surface area (Å²) in [5, 5.41) is 3.61. The highest BCUT2D eigenvalue weighted by Crippen LogP contribution is 2.53. The van der Waals surface area contributed by atoms with E-state index >= 15 is 0 Å². The predicted molar refractivity (Wildman–Crippen MR) is 233 cm³/mol. The summed E-state index contributed by atoms with van der Waals surface area (Å²) < 4.78 is 9.47. The summed E-state index contributed by atoms with van der Waals surface area (Å²) in [4.78, 5) is 7.80. The first kappa shape index (κ1) is 31.8. The van der Waals surface area contributed by atoms with Crippen molar-refractivity contribution in [3.63, 3.8) is 0 Å². The summed E-state index contributed by atoms with van der Waals surface area (Å²) >= 11 is 3.78. The monoisotopic (exact) mass is 742 g/mol. The van der Waals surface area contributed by atoms with Crippen molar-refractivity contribution in [3.05, 3.63) is 151 Å². The van der Waals surface area contributed by atoms with Crippen molar-refractivity contribution in [2.45, 2.75) is 52.7 Å². The minimum absolute atomic E-state index is 0.00273. The van der Waals surface area contributed by atoms with Crippen molar-refractivity contribution >= 4 is 91.3 Å². The third kappa shape index (κ3) is 4.44. The molecule has 6 heteroatoms. The van der Waals surface area contributed by atoms with E-state index in [9.17, 15) is 0 Å². The van der Waals surface area contributed by atoms with E-state index in [1.54, 1.807) is 0 Å². The molecule has 9 aromatic rings. The number of para-hydroxylation sites is 2. The maximum atomic E-state index is 6.93. The highest BCUT2D eigenvalue weighted by Gasteiger charge is 2.45. The Hall–Kier alpha value is -5.56. The minimum atomic E-state index is -0.0885. The van der Waals surface area contributed by atoms with Crippen LogP contribution in [0.5, 0.6) is 0 Å². The van der Waals surface area contributed by atoms with E-state index in [1.807, 2.05) is 23.5 Å². The number of hydrogen-bond acceptors (Lipinski definition) is 4. The van der Waals surface area contributed by atoms with Crippen LogP contribution in [0.15, 0.2) is 164 Å². The number of aromatic nitrogens is 1. The minimum Gasteiger partial charge on any atom is -0.441 e. The van der Waals surface area contributed by atoms with E-state index in [0.29, 0.717) is 0 Å². The SMILES string of the molecule is Cc1cc2c3c(c1)N(c1ccc(C(C)(C)C)cc1-c1ccccc1)c1cc4c(cc1B3n1c3oc5ccccc5c3c3cccc-2c31)Sc1ccccc1S4. The molecule has 3 aliphatic rings. The molecular formula is C49H35BN2OS2. The molecule has 12 rings (SSSR count). The molecule has 0 radical (unpaired) electrons. The third-order valence-electron chi connectivity index (χ3n) is 11.8. The van der Waals surface area contributed by atoms with Gasteiger partial charge in [0.15, 0.2) is 5.71 Å². The number of nitrogens with zero attached hydrogens (tertiary/aromatic N) is 2. The third-order valence-corrected chi connectivity index (χ3v) is 14.3. The summed E-state index contributed by atoms with van der Waals surface area (Å²) in [6.07, 6.45) is 0. The average Bonchev–Trinajstić information content (AvgIpc) is 3.73. The first-order chi connectivity index (χ1) is 26.8. The lowest BCUT2D eigenvalue weighted by Gasteiger charge is -2.42. The molecule has 2 aromatic heterocycles. The standard InChI is InChI=1S/C49H35BN2OS2/c1-28-23-35-31-16-12-17-33-45-32-15-8-9-18-40(32)53-48(45)52(47(31)33)50-36-26-43-44(55-42-20-11-10-19-41(42)54-43)27-38(36)51(39(24-28)46(35)50)37-22-21-30(49(2,3)4)25-34(37)29-13-6-5-7-14-29/h5-27H,1-4H3. The summed E-state index contributed by atoms with van der Waals surface area (Å²) in [6, 6.07) is 52.1. The zero-order valence-electron chi connectivity index (χ0n) is 31.0. The second-order valence-electron chi connectivity index (χ2n) is 16.2. The van der Waals surface area contributed by atoms with Gasteiger partial charge in [-0.1, -0.05) is 135 Å². The van der Waals surface area contributed by atoms with Crippen LogP contribution in [0.4, 0.5) is 17.1 Å². The Morgan fingerprint density at radius 1 is 0.582 bits per heavy atom. The predicted octanol–water partition coefficient (Wildman–Crippen LogP) is 12.8. The fourth-order valence-electron chi connectivity index (χ4n) is 9.36. The number of aryl methyl sites for hydroxylation is 1. The fraction of sp³-hybridized carbons (Fsp3) is 0.102. The van der Waals surface area contributed by atoms with Crippen LogP contribution in [-0.2, 0) is 5.41 Å². The Morgan fingerprint density at radius 2 is 1.31 bits per heavy atom. The van der Waals surface area contributed by atoms with Gasteiger partial charge in [0.25, 0.3) is 0 Å². The molecule has 0 bridgehead atoms. The lowest BCUT2D eigenvalue weighted by Crippen LogP contribution is -2.56. The van der Waals surface area contributed by atoms with E-state index in [2.05, 4.69) is 177 Å². The summed E-state index contributed by atoms with van der Waals surface area (Å²) in [5.41, 5.74) is 16.9. The van der Waals surface area contributed by atoms with E-state index < -0.39 is 0 Å². The molecule has 55 heavy (non-hydrogen) atoms. The molecular weight excluding hydrogens is 707 g/mol. The molecule has 0 amide bonds. The van der Waals surface area contributed by atoms with Crippen molar-refractivity contribution in [1.29, 1.82) is 0 Å². The Morgan fingerprint density at radius 3 is 2.11 bits per heavy atom. The number of hydrogen-bond donors (Lipinski definition) is 0. The van der Waals surface area contributed by atoms with Gasteiger partial charge in [-0.2, -0.15) is 0 Å². The zero-order valence-corrected chi connectivity index (χ0v) is 32.6. The Balaban J connectivity index is 1.22. The fourth-order valence-corrected chi connectivity index (χ4v) is 11.6. The molecule has 0 spiro atoms. The molecule has 0 aliphatic carbocycles. The molecule has 0 saturated heterocycles. The summed E-state index contributed by atoms with van der Waals surface area (Å²) in [5.74, 6) is 0. The molecule has 262 valence electrons. The van der Waals surface area contributed by atoms with Crippen molar-refractivity contribution in [3.8, 4) is 22.3 Å². The van der Waals surface area contributed by atoms with Crippen LogP contribution in [0, 0.1) is 6.92 Å². The normalized spacial score (nSPS) is 14.0. The number of fused-ring (bicyclic) bond motifs is 11. The number of anilines is 3. The van der Waals surface area contributed by atoms with Crippen LogP contribution in [0.2, 0.25) is 0 Å². The summed E-state index contributed by atoms with van der Waals surface area (Å²) in [7, 11) is 0. The van der Waals surface area contributed by atoms with Gasteiger partial charge in [-0.15, -0.1) is 0 Å². The van der Waals surface area contributed by atoms with Crippen LogP contribution in [0.25, 0.3) is 55.2 Å². The van der Waals surface area contributed by atoms with Crippen LogP contribution >= 0.6 is 23.5 Å². The second-order valence-corrected chi connectivity index (χ2v) is 18.4. The van der Waals surface area contributed by atoms with E-state index in [1.165, 1.54) is 103 Å². The van der Waals surface area contributed by atoms with Crippen LogP contribution < -0.4 is 15.8 Å². The maximum absolute atomic E-state index is 6.93. The second kappa shape index (κ2) is 11.3. The number of furan rings is 1. The molecule has 0 fully saturated rings. The van der Waals surface area contributed by atoms with Crippen molar-refractivity contribution in [2.75, 3.05) is 4.90 Å². The van der Waals surface area contributed by atoms with E-state index in [-0.39, 0.29) is 12.3 Å². The molecule has 0 N–H and O–H groups in total. The van der Waals surface area contributed by atoms with Gasteiger partial charge in [0, 0.05) is 58.4 Å². The molecule has 5 heterocycles. The van der Waals surface area contributed by atoms with Gasteiger partial charge < -0.3 is 13.8 Å². The number of rotatable bonds is 2. The van der Waals surface area contributed by atoms with Gasteiger partial charge in [0.1, 0.15) is 5.58 Å². The molecule has 0 saturated carbocycles. The molecule has 7 aromatic carbocycles. The van der Waals surface area contributed by atoms with Crippen LogP contribution in [0.3, 0.4) is 0 Å². The van der Waals surface area contributed by atoms with Crippen molar-refractivity contribution in [2.24, 2.45) is 0 Å². The Bertz CT molecular complexity index is 3120. The molecule has 3 aliphatic heterocycles. The van der Waals surface area contributed by atoms with Gasteiger partial charge in [-0.3, -0.25) is 0 Å². The largest absolute Gasteiger partial charge is 0.441 e. The topological polar surface area (TPSA) is 21.3 Å². The quantitative estimate of drug-likeness (QED) is 0.164. The first-order valence-corrected chi connectivity index (χ1v) is 20.7. The Labute approximate surface area is 329 Å². The smallest absolute Gasteiger partial charge is 0.336 e. The molecule has 0 unspecified atom stereocenters. The Kier molecular flexibility index (Phi) is 6.50. The summed E-state index contributed by atoms with van der Waals surface area (Å²) in [6.45, 7) is 9.09. The van der Waals surface area contributed by atoms with Gasteiger partial charge in [0.05, 0.1) is 11.1 Å². The van der Waals surface area contributed by atoms with Gasteiger partial charge in [-0.05, 0) is 94.0 Å². The molecule has 3 nitrogen and oxygen atoms in total. The maximum Gasteiger partial charge on any atom is 0.336 e. The lowest BCUT2D eigenvalue weighted by molar-refractivity contribution is 0.590. The lowest BCUT2D eigenvalue weighted by atomic mass is 9.45. The van der Waals surface area contributed by atoms with E-state index in [4.69, 9.17) is 4.42 Å². The van der Waals surface area contributed by atoms with Crippen LogP contribution in [0.1, 0.15) is 31.9 Å². The van der Waals surface area contributed by atoms with Crippen molar-refractivity contribution in [1.82, 2.24) is 4.48 Å². The zero-order chi connectivity index (χ0) is 36.7. The molecule has 0 atom stereocenters. The van der Waals surface area contributed by atoms with Crippen molar-refractivity contribution < 1.29 is 4.42 Å². The first-order valence-electron chi connectivity index (χ1n) is 19.0. The van der Waals surface area contributed by atoms with Crippen LogP contribution in [-0.4, -0.2) is 11.3 Å².